The number of likely N-dealkylation sites (N-methyl/N-ethyl adjacent to an activating group) is 1. The van der Waals surface area contributed by atoms with Crippen molar-refractivity contribution in [3.05, 3.63) is 79.2 Å². The number of benzene rings is 1. The molecule has 0 radical (unpaired) electrons. The zero-order valence-electron chi connectivity index (χ0n) is 18.3. The molecule has 3 rings (SSSR count). The predicted octanol–water partition coefficient (Wildman–Crippen LogP) is 5.57. The first-order valence-corrected chi connectivity index (χ1v) is 11.5. The Labute approximate surface area is 206 Å². The molecule has 0 aliphatic rings. The summed E-state index contributed by atoms with van der Waals surface area (Å²) in [5, 5.41) is 12.3. The lowest BCUT2D eigenvalue weighted by atomic mass is 10.1. The molecule has 0 spiro atoms. The maximum absolute atomic E-state index is 12.5. The number of ether oxygens (including phenoxy) is 1. The Morgan fingerprint density at radius 1 is 1.24 bits per heavy atom. The van der Waals surface area contributed by atoms with Crippen molar-refractivity contribution in [2.45, 2.75) is 20.4 Å². The van der Waals surface area contributed by atoms with E-state index in [1.54, 1.807) is 19.2 Å². The summed E-state index contributed by atoms with van der Waals surface area (Å²) in [5.41, 5.74) is 2.75. The molecule has 9 heteroatoms. The van der Waals surface area contributed by atoms with Gasteiger partial charge in [0.2, 0.25) is 0 Å². The molecule has 170 valence electrons. The predicted molar refractivity (Wildman–Crippen MR) is 131 cm³/mol. The van der Waals surface area contributed by atoms with Gasteiger partial charge in [0, 0.05) is 23.3 Å². The van der Waals surface area contributed by atoms with E-state index in [0.717, 1.165) is 16.3 Å². The van der Waals surface area contributed by atoms with Crippen LogP contribution in [0, 0.1) is 25.2 Å². The molecular formula is C24H21Cl2N3O3S. The highest BCUT2D eigenvalue weighted by atomic mass is 35.5. The number of thiophene rings is 1. The highest BCUT2D eigenvalue weighted by molar-refractivity contribution is 7.09. The van der Waals surface area contributed by atoms with Crippen molar-refractivity contribution in [2.24, 2.45) is 0 Å². The summed E-state index contributed by atoms with van der Waals surface area (Å²) < 4.78 is 7.00. The topological polar surface area (TPSA) is 75.3 Å². The number of esters is 1. The van der Waals surface area contributed by atoms with Crippen LogP contribution in [0.2, 0.25) is 10.0 Å². The van der Waals surface area contributed by atoms with Crippen molar-refractivity contribution < 1.29 is 14.3 Å². The quantitative estimate of drug-likeness (QED) is 0.241. The van der Waals surface area contributed by atoms with E-state index in [4.69, 9.17) is 27.9 Å². The molecule has 2 aromatic heterocycles. The van der Waals surface area contributed by atoms with Gasteiger partial charge in [0.15, 0.2) is 6.61 Å². The number of carbonyl (C=O) groups is 2. The zero-order chi connectivity index (χ0) is 24.1. The molecule has 0 aliphatic carbocycles. The summed E-state index contributed by atoms with van der Waals surface area (Å²) in [6.07, 6.45) is 1.44. The molecule has 2 heterocycles. The Hall–Kier alpha value is -3.05. The molecule has 0 aliphatic heterocycles. The van der Waals surface area contributed by atoms with Gasteiger partial charge >= 0.3 is 5.97 Å². The number of rotatable bonds is 7. The second kappa shape index (κ2) is 10.7. The molecule has 0 unspecified atom stereocenters. The lowest BCUT2D eigenvalue weighted by Gasteiger charge is -2.16. The van der Waals surface area contributed by atoms with Crippen LogP contribution >= 0.6 is 34.5 Å². The van der Waals surface area contributed by atoms with Crippen LogP contribution < -0.4 is 0 Å². The summed E-state index contributed by atoms with van der Waals surface area (Å²) in [7, 11) is 1.63. The average molecular weight is 502 g/mol. The van der Waals surface area contributed by atoms with E-state index in [1.165, 1.54) is 22.3 Å². The maximum Gasteiger partial charge on any atom is 0.349 e. The van der Waals surface area contributed by atoms with Crippen molar-refractivity contribution in [3.8, 4) is 11.8 Å². The van der Waals surface area contributed by atoms with Crippen molar-refractivity contribution in [2.75, 3.05) is 13.7 Å². The lowest BCUT2D eigenvalue weighted by molar-refractivity contribution is -0.148. The van der Waals surface area contributed by atoms with Gasteiger partial charge in [-0.3, -0.25) is 4.79 Å². The first-order chi connectivity index (χ1) is 15.7. The summed E-state index contributed by atoms with van der Waals surface area (Å²) in [6.45, 7) is 3.71. The third kappa shape index (κ3) is 5.66. The minimum absolute atomic E-state index is 0.207. The van der Waals surface area contributed by atoms with Gasteiger partial charge in [-0.1, -0.05) is 35.3 Å². The normalized spacial score (nSPS) is 11.2. The summed E-state index contributed by atoms with van der Waals surface area (Å²) in [5.74, 6) is -1.22. The third-order valence-electron chi connectivity index (χ3n) is 5.01. The molecule has 0 bridgehead atoms. The van der Waals surface area contributed by atoms with Gasteiger partial charge in [-0.05, 0) is 55.1 Å². The molecule has 0 atom stereocenters. The van der Waals surface area contributed by atoms with Crippen molar-refractivity contribution in [1.82, 2.24) is 9.47 Å². The van der Waals surface area contributed by atoms with Crippen LogP contribution in [0.3, 0.4) is 0 Å². The number of aromatic nitrogens is 1. The SMILES string of the molecule is Cc1cc(/C=C(\C#N)C(=O)OCC(=O)N(C)Cc2cccs2)c(C)n1-c1cccc(Cl)c1Cl. The number of halogens is 2. The number of hydrogen-bond acceptors (Lipinski definition) is 5. The van der Waals surface area contributed by atoms with Gasteiger partial charge in [-0.25, -0.2) is 4.79 Å². The lowest BCUT2D eigenvalue weighted by Crippen LogP contribution is -2.30. The fraction of sp³-hybridized carbons (Fsp3) is 0.208. The number of aryl methyl sites for hydroxylation is 1. The van der Waals surface area contributed by atoms with Crippen LogP contribution in [0.5, 0.6) is 0 Å². The van der Waals surface area contributed by atoms with Crippen LogP contribution in [-0.2, 0) is 20.9 Å². The monoisotopic (exact) mass is 501 g/mol. The number of nitriles is 1. The van der Waals surface area contributed by atoms with Gasteiger partial charge in [0.1, 0.15) is 11.6 Å². The first kappa shape index (κ1) is 24.6. The minimum Gasteiger partial charge on any atom is -0.451 e. The van der Waals surface area contributed by atoms with E-state index in [1.807, 2.05) is 54.1 Å². The van der Waals surface area contributed by atoms with E-state index in [-0.39, 0.29) is 11.5 Å². The van der Waals surface area contributed by atoms with Gasteiger partial charge in [-0.15, -0.1) is 11.3 Å². The highest BCUT2D eigenvalue weighted by Gasteiger charge is 2.18. The van der Waals surface area contributed by atoms with Gasteiger partial charge in [0.25, 0.3) is 5.91 Å². The van der Waals surface area contributed by atoms with Crippen molar-refractivity contribution >= 4 is 52.5 Å². The molecule has 33 heavy (non-hydrogen) atoms. The van der Waals surface area contributed by atoms with Crippen molar-refractivity contribution in [3.63, 3.8) is 0 Å². The smallest absolute Gasteiger partial charge is 0.349 e. The van der Waals surface area contributed by atoms with Crippen LogP contribution in [0.15, 0.2) is 47.4 Å². The molecule has 3 aromatic rings. The van der Waals surface area contributed by atoms with Gasteiger partial charge < -0.3 is 14.2 Å². The Balaban J connectivity index is 1.75. The first-order valence-electron chi connectivity index (χ1n) is 9.91. The largest absolute Gasteiger partial charge is 0.451 e. The highest BCUT2D eigenvalue weighted by Crippen LogP contribution is 2.32. The van der Waals surface area contributed by atoms with Crippen LogP contribution in [0.4, 0.5) is 0 Å². The molecule has 0 saturated heterocycles. The number of hydrogen-bond donors (Lipinski definition) is 0. The van der Waals surface area contributed by atoms with E-state index in [2.05, 4.69) is 0 Å². The summed E-state index contributed by atoms with van der Waals surface area (Å²) >= 11 is 14.1. The van der Waals surface area contributed by atoms with Gasteiger partial charge in [-0.2, -0.15) is 5.26 Å². The number of carbonyl (C=O) groups excluding carboxylic acids is 2. The summed E-state index contributed by atoms with van der Waals surface area (Å²) in [4.78, 5) is 27.2. The zero-order valence-corrected chi connectivity index (χ0v) is 20.6. The van der Waals surface area contributed by atoms with Crippen molar-refractivity contribution in [1.29, 1.82) is 5.26 Å². The Bertz CT molecular complexity index is 1260. The summed E-state index contributed by atoms with van der Waals surface area (Å²) in [6, 6.07) is 12.8. The van der Waals surface area contributed by atoms with Crippen LogP contribution in [-0.4, -0.2) is 35.0 Å². The Morgan fingerprint density at radius 3 is 2.67 bits per heavy atom. The van der Waals surface area contributed by atoms with Crippen LogP contribution in [0.1, 0.15) is 21.8 Å². The molecular weight excluding hydrogens is 481 g/mol. The number of amides is 1. The van der Waals surface area contributed by atoms with E-state index in [9.17, 15) is 14.9 Å². The van der Waals surface area contributed by atoms with E-state index < -0.39 is 12.6 Å². The molecule has 0 N–H and O–H groups in total. The maximum atomic E-state index is 12.5. The molecule has 1 aromatic carbocycles. The van der Waals surface area contributed by atoms with Gasteiger partial charge in [0.05, 0.1) is 22.3 Å². The third-order valence-corrected chi connectivity index (χ3v) is 6.68. The standard InChI is InChI=1S/C24H21Cl2N3O3S/c1-15-10-17(16(2)29(15)21-8-4-7-20(25)23(21)26)11-18(12-27)24(31)32-14-22(30)28(3)13-19-6-5-9-33-19/h4-11H,13-14H2,1-3H3/b18-11+. The minimum atomic E-state index is -0.860. The Morgan fingerprint density at radius 2 is 2.00 bits per heavy atom. The van der Waals surface area contributed by atoms with E-state index in [0.29, 0.717) is 27.8 Å². The molecule has 0 saturated carbocycles. The number of nitrogens with zero attached hydrogens (tertiary/aromatic N) is 3. The second-order valence-electron chi connectivity index (χ2n) is 7.31. The van der Waals surface area contributed by atoms with Crippen LogP contribution in [0.25, 0.3) is 11.8 Å². The molecule has 0 fully saturated rings. The fourth-order valence-corrected chi connectivity index (χ4v) is 4.44. The van der Waals surface area contributed by atoms with E-state index >= 15 is 0 Å². The fourth-order valence-electron chi connectivity index (χ4n) is 3.30. The second-order valence-corrected chi connectivity index (χ2v) is 9.13. The average Bonchev–Trinajstić information content (AvgIpc) is 3.39. The Kier molecular flexibility index (Phi) is 7.98. The molecule has 1 amide bonds. The molecule has 6 nitrogen and oxygen atoms in total.